The standard InChI is InChI=1S/C27H28N4O3/c1-16-11-17(2)13-23(12-16)31-26(33)24(25(32)28-27(31)34)15-20-14-18(3)30(19(20)4)22-9-7-21(8-10-22)29(5)6/h7-15H,1-6H3,(H,28,32,34)/b24-15+. The summed E-state index contributed by atoms with van der Waals surface area (Å²) >= 11 is 0. The Hall–Kier alpha value is -4.13. The number of aromatic nitrogens is 1. The third-order valence-corrected chi connectivity index (χ3v) is 5.96. The number of amides is 4. The number of rotatable bonds is 4. The van der Waals surface area contributed by atoms with Gasteiger partial charge in [-0.1, -0.05) is 6.07 Å². The van der Waals surface area contributed by atoms with Gasteiger partial charge in [-0.2, -0.15) is 0 Å². The Kier molecular flexibility index (Phi) is 5.87. The zero-order valence-corrected chi connectivity index (χ0v) is 20.3. The summed E-state index contributed by atoms with van der Waals surface area (Å²) in [5, 5.41) is 2.30. The van der Waals surface area contributed by atoms with Crippen LogP contribution in [0.5, 0.6) is 0 Å². The fourth-order valence-electron chi connectivity index (χ4n) is 4.36. The van der Waals surface area contributed by atoms with Crippen molar-refractivity contribution in [2.45, 2.75) is 27.7 Å². The molecule has 1 N–H and O–H groups in total. The van der Waals surface area contributed by atoms with Crippen LogP contribution in [0.1, 0.15) is 28.1 Å². The van der Waals surface area contributed by atoms with Crippen LogP contribution in [0, 0.1) is 27.7 Å². The molecule has 2 heterocycles. The molecule has 1 aliphatic rings. The van der Waals surface area contributed by atoms with E-state index in [1.165, 1.54) is 0 Å². The second-order valence-corrected chi connectivity index (χ2v) is 8.88. The Balaban J connectivity index is 1.74. The molecule has 4 rings (SSSR count). The van der Waals surface area contributed by atoms with Gasteiger partial charge in [-0.05, 0) is 92.9 Å². The average Bonchev–Trinajstić information content (AvgIpc) is 3.03. The predicted octanol–water partition coefficient (Wildman–Crippen LogP) is 4.44. The van der Waals surface area contributed by atoms with Gasteiger partial charge in [0.2, 0.25) is 0 Å². The van der Waals surface area contributed by atoms with Crippen molar-refractivity contribution >= 4 is 35.3 Å². The number of nitrogens with one attached hydrogen (secondary N) is 1. The highest BCUT2D eigenvalue weighted by molar-refractivity contribution is 6.39. The van der Waals surface area contributed by atoms with Crippen LogP contribution in [0.2, 0.25) is 0 Å². The van der Waals surface area contributed by atoms with E-state index in [9.17, 15) is 14.4 Å². The summed E-state index contributed by atoms with van der Waals surface area (Å²) in [4.78, 5) is 41.6. The molecule has 0 spiro atoms. The van der Waals surface area contributed by atoms with E-state index in [4.69, 9.17) is 0 Å². The summed E-state index contributed by atoms with van der Waals surface area (Å²) in [7, 11) is 3.98. The largest absolute Gasteiger partial charge is 0.378 e. The second-order valence-electron chi connectivity index (χ2n) is 8.88. The number of anilines is 2. The molecule has 174 valence electrons. The lowest BCUT2D eigenvalue weighted by molar-refractivity contribution is -0.122. The van der Waals surface area contributed by atoms with Crippen LogP contribution in [0.25, 0.3) is 11.8 Å². The number of carbonyl (C=O) groups excluding carboxylic acids is 3. The first kappa shape index (κ1) is 23.0. The first-order valence-corrected chi connectivity index (χ1v) is 11.0. The van der Waals surface area contributed by atoms with E-state index in [0.717, 1.165) is 44.4 Å². The fraction of sp³-hybridized carbons (Fsp3) is 0.222. The topological polar surface area (TPSA) is 74.7 Å². The SMILES string of the molecule is Cc1cc(C)cc(N2C(=O)NC(=O)/C(=C\c3cc(C)n(-c4ccc(N(C)C)cc4)c3C)C2=O)c1. The zero-order chi connectivity index (χ0) is 24.7. The Morgan fingerprint density at radius 1 is 0.824 bits per heavy atom. The maximum absolute atomic E-state index is 13.3. The molecule has 0 atom stereocenters. The summed E-state index contributed by atoms with van der Waals surface area (Å²) < 4.78 is 2.07. The molecule has 7 nitrogen and oxygen atoms in total. The van der Waals surface area contributed by atoms with E-state index < -0.39 is 17.8 Å². The minimum absolute atomic E-state index is 0.0815. The minimum atomic E-state index is -0.747. The molecule has 2 aromatic carbocycles. The van der Waals surface area contributed by atoms with Crippen molar-refractivity contribution in [3.05, 3.63) is 82.2 Å². The van der Waals surface area contributed by atoms with E-state index >= 15 is 0 Å². The van der Waals surface area contributed by atoms with Gasteiger partial charge in [-0.3, -0.25) is 14.9 Å². The summed E-state index contributed by atoms with van der Waals surface area (Å²) in [5.74, 6) is -1.34. The van der Waals surface area contributed by atoms with Crippen molar-refractivity contribution in [1.82, 2.24) is 9.88 Å². The number of hydrogen-bond acceptors (Lipinski definition) is 4. The van der Waals surface area contributed by atoms with Gasteiger partial charge in [0.1, 0.15) is 5.57 Å². The molecule has 0 saturated carbocycles. The van der Waals surface area contributed by atoms with Crippen LogP contribution in [0.4, 0.5) is 16.2 Å². The van der Waals surface area contributed by atoms with E-state index in [2.05, 4.69) is 9.88 Å². The first-order chi connectivity index (χ1) is 16.1. The third kappa shape index (κ3) is 4.12. The van der Waals surface area contributed by atoms with Crippen molar-refractivity contribution in [2.24, 2.45) is 0 Å². The Bertz CT molecular complexity index is 1330. The maximum atomic E-state index is 13.3. The predicted molar refractivity (Wildman–Crippen MR) is 134 cm³/mol. The lowest BCUT2D eigenvalue weighted by Crippen LogP contribution is -2.54. The van der Waals surface area contributed by atoms with Crippen LogP contribution in [0.3, 0.4) is 0 Å². The van der Waals surface area contributed by atoms with Gasteiger partial charge >= 0.3 is 6.03 Å². The van der Waals surface area contributed by atoms with Crippen molar-refractivity contribution in [2.75, 3.05) is 23.9 Å². The molecular formula is C27H28N4O3. The molecule has 1 aliphatic heterocycles. The summed E-state index contributed by atoms with van der Waals surface area (Å²) in [6.07, 6.45) is 1.56. The van der Waals surface area contributed by atoms with Crippen LogP contribution in [-0.4, -0.2) is 36.5 Å². The number of urea groups is 1. The quantitative estimate of drug-likeness (QED) is 0.465. The summed E-state index contributed by atoms with van der Waals surface area (Å²) in [5.41, 5.74) is 6.86. The molecular weight excluding hydrogens is 428 g/mol. The van der Waals surface area contributed by atoms with Gasteiger partial charge in [-0.15, -0.1) is 0 Å². The molecule has 4 amide bonds. The fourth-order valence-corrected chi connectivity index (χ4v) is 4.36. The van der Waals surface area contributed by atoms with Gasteiger partial charge in [0.05, 0.1) is 5.69 Å². The summed E-state index contributed by atoms with van der Waals surface area (Å²) in [6, 6.07) is 14.8. The number of imide groups is 2. The Labute approximate surface area is 199 Å². The van der Waals surface area contributed by atoms with Gasteiger partial charge < -0.3 is 9.47 Å². The van der Waals surface area contributed by atoms with E-state index in [0.29, 0.717) is 5.69 Å². The Morgan fingerprint density at radius 3 is 2.03 bits per heavy atom. The number of nitrogens with zero attached hydrogens (tertiary/aromatic N) is 3. The Morgan fingerprint density at radius 2 is 1.44 bits per heavy atom. The number of hydrogen-bond donors (Lipinski definition) is 1. The highest BCUT2D eigenvalue weighted by atomic mass is 16.2. The monoisotopic (exact) mass is 456 g/mol. The molecule has 1 aromatic heterocycles. The molecule has 3 aromatic rings. The second kappa shape index (κ2) is 8.67. The molecule has 34 heavy (non-hydrogen) atoms. The number of barbiturate groups is 1. The van der Waals surface area contributed by atoms with Gasteiger partial charge in [0, 0.05) is 36.9 Å². The molecule has 0 unspecified atom stereocenters. The van der Waals surface area contributed by atoms with Gasteiger partial charge in [0.25, 0.3) is 11.8 Å². The molecule has 1 fully saturated rings. The van der Waals surface area contributed by atoms with Crippen LogP contribution in [-0.2, 0) is 9.59 Å². The first-order valence-electron chi connectivity index (χ1n) is 11.0. The van der Waals surface area contributed by atoms with E-state index in [1.807, 2.05) is 83.1 Å². The normalized spacial score (nSPS) is 15.2. The molecule has 0 radical (unpaired) electrons. The minimum Gasteiger partial charge on any atom is -0.378 e. The smallest absolute Gasteiger partial charge is 0.335 e. The van der Waals surface area contributed by atoms with Crippen LogP contribution in [0.15, 0.2) is 54.1 Å². The molecule has 0 aliphatic carbocycles. The van der Waals surface area contributed by atoms with Crippen molar-refractivity contribution < 1.29 is 14.4 Å². The lowest BCUT2D eigenvalue weighted by atomic mass is 10.1. The molecule has 7 heteroatoms. The van der Waals surface area contributed by atoms with Gasteiger partial charge in [-0.25, -0.2) is 9.69 Å². The number of aryl methyl sites for hydroxylation is 3. The van der Waals surface area contributed by atoms with Gasteiger partial charge in [0.15, 0.2) is 0 Å². The highest BCUT2D eigenvalue weighted by Gasteiger charge is 2.37. The lowest BCUT2D eigenvalue weighted by Gasteiger charge is -2.27. The van der Waals surface area contributed by atoms with Crippen molar-refractivity contribution in [1.29, 1.82) is 0 Å². The summed E-state index contributed by atoms with van der Waals surface area (Å²) in [6.45, 7) is 7.70. The maximum Gasteiger partial charge on any atom is 0.335 e. The third-order valence-electron chi connectivity index (χ3n) is 5.96. The zero-order valence-electron chi connectivity index (χ0n) is 20.3. The van der Waals surface area contributed by atoms with Crippen molar-refractivity contribution in [3.63, 3.8) is 0 Å². The molecule has 1 saturated heterocycles. The molecule has 0 bridgehead atoms. The number of carbonyl (C=O) groups is 3. The van der Waals surface area contributed by atoms with E-state index in [1.54, 1.807) is 18.2 Å². The average molecular weight is 457 g/mol. The van der Waals surface area contributed by atoms with Crippen LogP contribution >= 0.6 is 0 Å². The number of benzene rings is 2. The van der Waals surface area contributed by atoms with Crippen LogP contribution < -0.4 is 15.1 Å². The highest BCUT2D eigenvalue weighted by Crippen LogP contribution is 2.27. The van der Waals surface area contributed by atoms with Crippen molar-refractivity contribution in [3.8, 4) is 5.69 Å². The van der Waals surface area contributed by atoms with E-state index in [-0.39, 0.29) is 5.57 Å².